The summed E-state index contributed by atoms with van der Waals surface area (Å²) in [4.78, 5) is 18.4. The summed E-state index contributed by atoms with van der Waals surface area (Å²) in [5, 5.41) is 0. The van der Waals surface area contributed by atoms with E-state index in [1.807, 2.05) is 12.5 Å². The van der Waals surface area contributed by atoms with Gasteiger partial charge >= 0.3 is 0 Å². The number of nitrogens with zero attached hydrogens (tertiary/aromatic N) is 6. The molecule has 140 valence electrons. The third kappa shape index (κ3) is 3.59. The Hall–Kier alpha value is -1.99. The van der Waals surface area contributed by atoms with E-state index < -0.39 is 0 Å². The fourth-order valence-electron chi connectivity index (χ4n) is 4.15. The van der Waals surface area contributed by atoms with E-state index in [-0.39, 0.29) is 0 Å². The van der Waals surface area contributed by atoms with E-state index in [9.17, 15) is 0 Å². The zero-order valence-corrected chi connectivity index (χ0v) is 15.8. The van der Waals surface area contributed by atoms with E-state index in [1.165, 1.54) is 23.4 Å². The van der Waals surface area contributed by atoms with Crippen molar-refractivity contribution in [3.8, 4) is 0 Å². The smallest absolute Gasteiger partial charge is 0.135 e. The number of imidazole rings is 1. The van der Waals surface area contributed by atoms with Crippen LogP contribution in [0, 0.1) is 5.92 Å². The first-order chi connectivity index (χ1) is 12.7. The Morgan fingerprint density at radius 3 is 2.88 bits per heavy atom. The van der Waals surface area contributed by atoms with E-state index in [1.54, 1.807) is 13.4 Å². The van der Waals surface area contributed by atoms with Crippen molar-refractivity contribution < 1.29 is 4.74 Å². The third-order valence-electron chi connectivity index (χ3n) is 5.64. The van der Waals surface area contributed by atoms with Crippen LogP contribution in [0.5, 0.6) is 0 Å². The molecule has 0 radical (unpaired) electrons. The first-order valence-electron chi connectivity index (χ1n) is 9.48. The highest BCUT2D eigenvalue weighted by atomic mass is 16.5. The number of hydrogen-bond acceptors (Lipinski definition) is 6. The predicted octanol–water partition coefficient (Wildman–Crippen LogP) is 1.28. The molecule has 0 aromatic carbocycles. The summed E-state index contributed by atoms with van der Waals surface area (Å²) in [5.41, 5.74) is 3.82. The predicted molar refractivity (Wildman–Crippen MR) is 100 cm³/mol. The SMILES string of the molecule is COC[C@H]1CCN(c2ncnc3c2CCN(Cc2cncn2C)CC3)C1. The summed E-state index contributed by atoms with van der Waals surface area (Å²) < 4.78 is 7.44. The molecule has 0 unspecified atom stereocenters. The van der Waals surface area contributed by atoms with Gasteiger partial charge in [-0.05, 0) is 12.8 Å². The molecule has 1 saturated heterocycles. The topological polar surface area (TPSA) is 59.3 Å². The van der Waals surface area contributed by atoms with Crippen molar-refractivity contribution in [3.63, 3.8) is 0 Å². The molecule has 0 bridgehead atoms. The lowest BCUT2D eigenvalue weighted by atomic mass is 10.1. The van der Waals surface area contributed by atoms with Gasteiger partial charge in [0.15, 0.2) is 0 Å². The number of hydrogen-bond donors (Lipinski definition) is 0. The summed E-state index contributed by atoms with van der Waals surface area (Å²) in [7, 11) is 3.85. The Bertz CT molecular complexity index is 745. The molecule has 0 aliphatic carbocycles. The van der Waals surface area contributed by atoms with Gasteiger partial charge in [0.05, 0.1) is 24.3 Å². The number of aryl methyl sites for hydroxylation is 1. The van der Waals surface area contributed by atoms with Crippen LogP contribution in [-0.4, -0.2) is 64.3 Å². The van der Waals surface area contributed by atoms with Gasteiger partial charge in [-0.1, -0.05) is 0 Å². The molecule has 26 heavy (non-hydrogen) atoms. The lowest BCUT2D eigenvalue weighted by molar-refractivity contribution is 0.161. The summed E-state index contributed by atoms with van der Waals surface area (Å²) in [6.07, 6.45) is 8.75. The Kier molecular flexibility index (Phi) is 5.17. The van der Waals surface area contributed by atoms with E-state index >= 15 is 0 Å². The molecule has 4 heterocycles. The van der Waals surface area contributed by atoms with Gasteiger partial charge in [0.2, 0.25) is 0 Å². The summed E-state index contributed by atoms with van der Waals surface area (Å²) in [6, 6.07) is 0. The Morgan fingerprint density at radius 2 is 2.08 bits per heavy atom. The number of methoxy groups -OCH3 is 1. The third-order valence-corrected chi connectivity index (χ3v) is 5.64. The normalized spacial score (nSPS) is 21.0. The van der Waals surface area contributed by atoms with Crippen molar-refractivity contribution in [3.05, 3.63) is 35.8 Å². The lowest BCUT2D eigenvalue weighted by Gasteiger charge is -2.22. The standard InChI is InChI=1S/C19H28N6O/c1-23-14-20-9-16(23)11-24-6-4-17-18(5-7-24)21-13-22-19(17)25-8-3-15(10-25)12-26-2/h9,13-15H,3-8,10-12H2,1-2H3/t15-/m0/s1. The molecule has 4 rings (SSSR count). The van der Waals surface area contributed by atoms with Crippen LogP contribution in [-0.2, 0) is 31.2 Å². The van der Waals surface area contributed by atoms with Crippen LogP contribution in [0.2, 0.25) is 0 Å². The number of aromatic nitrogens is 4. The van der Waals surface area contributed by atoms with Gasteiger partial charge in [-0.15, -0.1) is 0 Å². The molecule has 7 nitrogen and oxygen atoms in total. The van der Waals surface area contributed by atoms with Crippen molar-refractivity contribution in [1.29, 1.82) is 0 Å². The molecule has 0 saturated carbocycles. The minimum absolute atomic E-state index is 0.609. The lowest BCUT2D eigenvalue weighted by Crippen LogP contribution is -2.27. The van der Waals surface area contributed by atoms with Gasteiger partial charge in [0, 0.05) is 71.0 Å². The van der Waals surface area contributed by atoms with Gasteiger partial charge in [-0.2, -0.15) is 0 Å². The largest absolute Gasteiger partial charge is 0.384 e. The van der Waals surface area contributed by atoms with Gasteiger partial charge < -0.3 is 14.2 Å². The van der Waals surface area contributed by atoms with E-state index in [0.29, 0.717) is 5.92 Å². The minimum atomic E-state index is 0.609. The second-order valence-corrected chi connectivity index (χ2v) is 7.45. The Balaban J connectivity index is 1.47. The number of fused-ring (bicyclic) bond motifs is 1. The first kappa shape index (κ1) is 17.4. The van der Waals surface area contributed by atoms with Gasteiger partial charge in [0.1, 0.15) is 12.1 Å². The molecule has 0 spiro atoms. The van der Waals surface area contributed by atoms with Gasteiger partial charge in [-0.3, -0.25) is 4.90 Å². The number of ether oxygens (including phenoxy) is 1. The van der Waals surface area contributed by atoms with Crippen LogP contribution in [0.3, 0.4) is 0 Å². The van der Waals surface area contributed by atoms with Gasteiger partial charge in [0.25, 0.3) is 0 Å². The quantitative estimate of drug-likeness (QED) is 0.804. The second-order valence-electron chi connectivity index (χ2n) is 7.45. The molecule has 0 N–H and O–H groups in total. The van der Waals surface area contributed by atoms with Gasteiger partial charge in [-0.25, -0.2) is 15.0 Å². The van der Waals surface area contributed by atoms with Crippen LogP contribution in [0.1, 0.15) is 23.4 Å². The van der Waals surface area contributed by atoms with Crippen molar-refractivity contribution >= 4 is 5.82 Å². The number of rotatable bonds is 5. The summed E-state index contributed by atoms with van der Waals surface area (Å²) in [5.74, 6) is 1.76. The average Bonchev–Trinajstić information content (AvgIpc) is 3.21. The Morgan fingerprint density at radius 1 is 1.19 bits per heavy atom. The number of anilines is 1. The zero-order chi connectivity index (χ0) is 17.9. The van der Waals surface area contributed by atoms with Crippen molar-refractivity contribution in [1.82, 2.24) is 24.4 Å². The molecular weight excluding hydrogens is 328 g/mol. The highest BCUT2D eigenvalue weighted by Gasteiger charge is 2.27. The van der Waals surface area contributed by atoms with Crippen molar-refractivity contribution in [2.45, 2.75) is 25.8 Å². The molecule has 2 aromatic heterocycles. The van der Waals surface area contributed by atoms with Crippen LogP contribution < -0.4 is 4.90 Å². The first-order valence-corrected chi connectivity index (χ1v) is 9.48. The van der Waals surface area contributed by atoms with Crippen LogP contribution >= 0.6 is 0 Å². The van der Waals surface area contributed by atoms with Crippen molar-refractivity contribution in [2.75, 3.05) is 44.8 Å². The highest BCUT2D eigenvalue weighted by molar-refractivity contribution is 5.50. The monoisotopic (exact) mass is 356 g/mol. The molecule has 2 aliphatic heterocycles. The van der Waals surface area contributed by atoms with E-state index in [2.05, 4.69) is 36.4 Å². The maximum Gasteiger partial charge on any atom is 0.135 e. The average molecular weight is 356 g/mol. The molecule has 1 atom stereocenters. The molecular formula is C19H28N6O. The molecule has 1 fully saturated rings. The molecule has 0 amide bonds. The molecule has 2 aliphatic rings. The Labute approximate surface area is 155 Å². The van der Waals surface area contributed by atoms with Crippen LogP contribution in [0.4, 0.5) is 5.82 Å². The summed E-state index contributed by atoms with van der Waals surface area (Å²) >= 11 is 0. The zero-order valence-electron chi connectivity index (χ0n) is 15.8. The van der Waals surface area contributed by atoms with E-state index in [4.69, 9.17) is 4.74 Å². The maximum atomic E-state index is 5.34. The highest BCUT2D eigenvalue weighted by Crippen LogP contribution is 2.28. The molecule has 2 aromatic rings. The van der Waals surface area contributed by atoms with E-state index in [0.717, 1.165) is 58.0 Å². The summed E-state index contributed by atoms with van der Waals surface area (Å²) in [6.45, 7) is 5.94. The van der Waals surface area contributed by atoms with Crippen LogP contribution in [0.15, 0.2) is 18.9 Å². The van der Waals surface area contributed by atoms with Crippen LogP contribution in [0.25, 0.3) is 0 Å². The second kappa shape index (κ2) is 7.72. The fourth-order valence-corrected chi connectivity index (χ4v) is 4.15. The fraction of sp³-hybridized carbons (Fsp3) is 0.632. The minimum Gasteiger partial charge on any atom is -0.384 e. The molecule has 7 heteroatoms. The van der Waals surface area contributed by atoms with Crippen molar-refractivity contribution in [2.24, 2.45) is 13.0 Å². The maximum absolute atomic E-state index is 5.34.